The van der Waals surface area contributed by atoms with Crippen LogP contribution in [0, 0.1) is 0 Å². The average Bonchev–Trinajstić information content (AvgIpc) is 2.84. The molecule has 12 heteroatoms. The van der Waals surface area contributed by atoms with Crippen LogP contribution in [0.15, 0.2) is 77.8 Å². The third-order valence-corrected chi connectivity index (χ3v) is 6.86. The molecule has 0 aliphatic carbocycles. The zero-order chi connectivity index (χ0) is 26.6. The fourth-order valence-corrected chi connectivity index (χ4v) is 4.80. The largest absolute Gasteiger partial charge is 0.487 e. The van der Waals surface area contributed by atoms with Gasteiger partial charge in [-0.05, 0) is 66.2 Å². The van der Waals surface area contributed by atoms with Gasteiger partial charge in [0, 0.05) is 33.8 Å². The van der Waals surface area contributed by atoms with E-state index in [0.717, 1.165) is 17.3 Å². The van der Waals surface area contributed by atoms with Gasteiger partial charge in [0.1, 0.15) is 11.0 Å². The molecular formula is C25H18Cl3F2N3O3S. The first kappa shape index (κ1) is 27.2. The molecule has 0 aromatic heterocycles. The highest BCUT2D eigenvalue weighted by molar-refractivity contribution is 8.15. The second-order valence-electron chi connectivity index (χ2n) is 7.85. The SMILES string of the molecule is O=C(Nc1ccc(OC(F)(F)Cl)cc1)C1CC(=O)N(Cc2ccc(Cl)cc2)C(=Nc2ccc(Cl)cc2)S1. The Hall–Kier alpha value is -2.85. The molecule has 1 N–H and O–H groups in total. The second kappa shape index (κ2) is 11.7. The van der Waals surface area contributed by atoms with E-state index in [1.165, 1.54) is 29.2 Å². The average molecular weight is 585 g/mol. The van der Waals surface area contributed by atoms with E-state index < -0.39 is 16.7 Å². The van der Waals surface area contributed by atoms with E-state index in [-0.39, 0.29) is 24.6 Å². The highest BCUT2D eigenvalue weighted by atomic mass is 35.5. The Balaban J connectivity index is 1.53. The summed E-state index contributed by atoms with van der Waals surface area (Å²) >= 11 is 17.9. The van der Waals surface area contributed by atoms with Crippen LogP contribution in [0.1, 0.15) is 12.0 Å². The van der Waals surface area contributed by atoms with Gasteiger partial charge >= 0.3 is 5.57 Å². The van der Waals surface area contributed by atoms with Crippen molar-refractivity contribution < 1.29 is 23.1 Å². The van der Waals surface area contributed by atoms with Crippen LogP contribution in [0.3, 0.4) is 0 Å². The molecule has 1 aliphatic rings. The van der Waals surface area contributed by atoms with Crippen LogP contribution in [-0.4, -0.2) is 32.7 Å². The molecule has 1 heterocycles. The third-order valence-electron chi connectivity index (χ3n) is 5.09. The van der Waals surface area contributed by atoms with Crippen molar-refractivity contribution in [2.45, 2.75) is 23.8 Å². The number of benzene rings is 3. The van der Waals surface area contributed by atoms with Gasteiger partial charge in [-0.1, -0.05) is 47.1 Å². The molecule has 1 atom stereocenters. The summed E-state index contributed by atoms with van der Waals surface area (Å²) < 4.78 is 29.9. The standard InChI is InChI=1S/C25H18Cl3F2N3O3S/c26-16-3-1-15(2-4-16)14-33-22(34)13-21(37-24(33)32-19-7-5-17(27)6-8-19)23(35)31-18-9-11-20(12-10-18)36-25(28,29)30/h1-12,21H,13-14H2,(H,31,35). The maximum atomic E-state index is 13.2. The molecule has 6 nitrogen and oxygen atoms in total. The highest BCUT2D eigenvalue weighted by Crippen LogP contribution is 2.32. The Morgan fingerprint density at radius 1 is 1.03 bits per heavy atom. The van der Waals surface area contributed by atoms with E-state index in [4.69, 9.17) is 34.8 Å². The number of carbonyl (C=O) groups excluding carboxylic acids is 2. The number of ether oxygens (including phenoxy) is 1. The molecule has 3 aromatic carbocycles. The lowest BCUT2D eigenvalue weighted by molar-refractivity contribution is -0.129. The van der Waals surface area contributed by atoms with Gasteiger partial charge in [-0.15, -0.1) is 8.78 Å². The van der Waals surface area contributed by atoms with Crippen LogP contribution in [0.25, 0.3) is 0 Å². The zero-order valence-electron chi connectivity index (χ0n) is 18.8. The van der Waals surface area contributed by atoms with Crippen LogP contribution in [0.5, 0.6) is 5.75 Å². The maximum Gasteiger partial charge on any atom is 0.487 e. The predicted molar refractivity (Wildman–Crippen MR) is 143 cm³/mol. The highest BCUT2D eigenvalue weighted by Gasteiger charge is 2.36. The number of nitrogens with one attached hydrogen (secondary N) is 1. The molecule has 0 bridgehead atoms. The Labute approximate surface area is 230 Å². The molecule has 1 saturated heterocycles. The Bertz CT molecular complexity index is 1300. The number of nitrogens with zero attached hydrogens (tertiary/aromatic N) is 2. The summed E-state index contributed by atoms with van der Waals surface area (Å²) in [5.41, 5.74) is -2.10. The number of rotatable bonds is 7. The molecule has 0 spiro atoms. The number of amidine groups is 1. The Morgan fingerprint density at radius 3 is 2.22 bits per heavy atom. The first-order valence-electron chi connectivity index (χ1n) is 10.8. The summed E-state index contributed by atoms with van der Waals surface area (Å²) in [6, 6.07) is 19.1. The van der Waals surface area contributed by atoms with Gasteiger partial charge in [-0.2, -0.15) is 0 Å². The minimum absolute atomic E-state index is 0.0661. The monoisotopic (exact) mass is 583 g/mol. The Morgan fingerprint density at radius 2 is 1.62 bits per heavy atom. The first-order valence-corrected chi connectivity index (χ1v) is 12.8. The Kier molecular flexibility index (Phi) is 8.59. The van der Waals surface area contributed by atoms with Gasteiger partial charge in [0.05, 0.1) is 12.2 Å². The van der Waals surface area contributed by atoms with Crippen molar-refractivity contribution in [2.24, 2.45) is 4.99 Å². The summed E-state index contributed by atoms with van der Waals surface area (Å²) in [6.07, 6.45) is -0.0661. The summed E-state index contributed by atoms with van der Waals surface area (Å²) in [4.78, 5) is 32.3. The second-order valence-corrected chi connectivity index (χ2v) is 10.3. The molecule has 4 rings (SSSR count). The molecule has 192 valence electrons. The molecule has 1 aliphatic heterocycles. The normalized spacial score (nSPS) is 17.1. The van der Waals surface area contributed by atoms with Gasteiger partial charge in [-0.25, -0.2) is 4.99 Å². The lowest BCUT2D eigenvalue weighted by atomic mass is 10.2. The smallest absolute Gasteiger partial charge is 0.420 e. The van der Waals surface area contributed by atoms with E-state index in [9.17, 15) is 18.4 Å². The molecule has 0 radical (unpaired) electrons. The number of aliphatic imine (C=N–C) groups is 1. The van der Waals surface area contributed by atoms with E-state index in [1.54, 1.807) is 36.4 Å². The zero-order valence-corrected chi connectivity index (χ0v) is 21.9. The van der Waals surface area contributed by atoms with Crippen LogP contribution in [-0.2, 0) is 16.1 Å². The summed E-state index contributed by atoms with van der Waals surface area (Å²) in [6.45, 7) is 0.246. The van der Waals surface area contributed by atoms with Crippen LogP contribution >= 0.6 is 46.6 Å². The molecule has 1 fully saturated rings. The van der Waals surface area contributed by atoms with E-state index in [0.29, 0.717) is 26.6 Å². The fourth-order valence-electron chi connectivity index (χ4n) is 3.36. The number of anilines is 1. The number of amides is 2. The lowest BCUT2D eigenvalue weighted by Crippen LogP contribution is -2.44. The third kappa shape index (κ3) is 7.82. The van der Waals surface area contributed by atoms with Gasteiger partial charge in [0.15, 0.2) is 5.17 Å². The molecule has 3 aromatic rings. The van der Waals surface area contributed by atoms with Crippen LogP contribution in [0.2, 0.25) is 10.0 Å². The van der Waals surface area contributed by atoms with Crippen molar-refractivity contribution in [3.8, 4) is 5.75 Å². The fraction of sp³-hybridized carbons (Fsp3) is 0.160. The van der Waals surface area contributed by atoms with Crippen molar-refractivity contribution in [1.29, 1.82) is 0 Å². The number of carbonyl (C=O) groups is 2. The summed E-state index contributed by atoms with van der Waals surface area (Å²) in [5.74, 6) is -0.894. The van der Waals surface area contributed by atoms with Crippen LogP contribution < -0.4 is 10.1 Å². The minimum Gasteiger partial charge on any atom is -0.420 e. The molecule has 0 saturated carbocycles. The maximum absolute atomic E-state index is 13.2. The van der Waals surface area contributed by atoms with E-state index >= 15 is 0 Å². The number of alkyl halides is 3. The van der Waals surface area contributed by atoms with Crippen molar-refractivity contribution in [1.82, 2.24) is 4.90 Å². The van der Waals surface area contributed by atoms with Crippen molar-refractivity contribution >= 4 is 74.9 Å². The quantitative estimate of drug-likeness (QED) is 0.295. The molecule has 1 unspecified atom stereocenters. The molecular weight excluding hydrogens is 567 g/mol. The summed E-state index contributed by atoms with van der Waals surface area (Å²) in [7, 11) is 0. The van der Waals surface area contributed by atoms with Crippen molar-refractivity contribution in [3.05, 3.63) is 88.4 Å². The van der Waals surface area contributed by atoms with Gasteiger partial charge in [-0.3, -0.25) is 14.5 Å². The topological polar surface area (TPSA) is 71.0 Å². The predicted octanol–water partition coefficient (Wildman–Crippen LogP) is 7.32. The lowest BCUT2D eigenvalue weighted by Gasteiger charge is -2.32. The van der Waals surface area contributed by atoms with Gasteiger partial charge < -0.3 is 10.1 Å². The number of thioether (sulfide) groups is 1. The van der Waals surface area contributed by atoms with Gasteiger partial charge in [0.2, 0.25) is 11.8 Å². The molecule has 37 heavy (non-hydrogen) atoms. The van der Waals surface area contributed by atoms with Crippen molar-refractivity contribution in [3.63, 3.8) is 0 Å². The minimum atomic E-state index is -3.85. The van der Waals surface area contributed by atoms with E-state index in [2.05, 4.69) is 15.0 Å². The summed E-state index contributed by atoms with van der Waals surface area (Å²) in [5, 5.41) is 3.38. The van der Waals surface area contributed by atoms with Gasteiger partial charge in [0.25, 0.3) is 0 Å². The van der Waals surface area contributed by atoms with Crippen molar-refractivity contribution in [2.75, 3.05) is 5.32 Å². The number of hydrogen-bond acceptors (Lipinski definition) is 5. The van der Waals surface area contributed by atoms with E-state index in [1.807, 2.05) is 12.1 Å². The first-order chi connectivity index (χ1) is 17.6. The van der Waals surface area contributed by atoms with Crippen LogP contribution in [0.4, 0.5) is 20.2 Å². The number of hydrogen-bond donors (Lipinski definition) is 1. The molecule has 2 amide bonds. The number of halogens is 5.